The Morgan fingerprint density at radius 1 is 0.880 bits per heavy atom. The highest BCUT2D eigenvalue weighted by atomic mass is 19.1. The van der Waals surface area contributed by atoms with Gasteiger partial charge in [0, 0.05) is 0 Å². The summed E-state index contributed by atoms with van der Waals surface area (Å²) in [5, 5.41) is 0. The number of carbonyl (C=O) groups excluding carboxylic acids is 2. The summed E-state index contributed by atoms with van der Waals surface area (Å²) < 4.78 is 27.8. The van der Waals surface area contributed by atoms with Gasteiger partial charge in [0.2, 0.25) is 0 Å². The van der Waals surface area contributed by atoms with E-state index in [1.807, 2.05) is 0 Å². The lowest BCUT2D eigenvalue weighted by Gasteiger charge is -2.07. The predicted octanol–water partition coefficient (Wildman–Crippen LogP) is 4.75. The second-order valence-corrected chi connectivity index (χ2v) is 5.28. The van der Waals surface area contributed by atoms with Crippen molar-refractivity contribution < 1.29 is 28.2 Å². The summed E-state index contributed by atoms with van der Waals surface area (Å²) in [6.45, 7) is 2.45. The van der Waals surface area contributed by atoms with Crippen molar-refractivity contribution in [2.24, 2.45) is 0 Å². The Hall–Kier alpha value is -2.89. The van der Waals surface area contributed by atoms with Gasteiger partial charge in [-0.15, -0.1) is 0 Å². The lowest BCUT2D eigenvalue weighted by Crippen LogP contribution is -2.14. The van der Waals surface area contributed by atoms with E-state index in [1.54, 1.807) is 0 Å². The third kappa shape index (κ3) is 6.25. The van der Waals surface area contributed by atoms with Crippen LogP contribution in [-0.4, -0.2) is 18.7 Å². The molecule has 2 aromatic rings. The molecule has 0 aliphatic rings. The highest BCUT2D eigenvalue weighted by Gasteiger charge is 2.10. The van der Waals surface area contributed by atoms with Crippen LogP contribution in [-0.2, 0) is 4.74 Å². The fraction of sp³-hybridized carbons (Fsp3) is 0.263. The van der Waals surface area contributed by atoms with Crippen molar-refractivity contribution in [2.75, 3.05) is 6.61 Å². The number of unbranched alkanes of at least 4 members (excludes halogenated alkanes) is 2. The van der Waals surface area contributed by atoms with Gasteiger partial charge in [-0.3, -0.25) is 0 Å². The fourth-order valence-electron chi connectivity index (χ4n) is 1.98. The summed E-state index contributed by atoms with van der Waals surface area (Å²) in [7, 11) is 0. The summed E-state index contributed by atoms with van der Waals surface area (Å²) in [5.41, 5.74) is 0.371. The molecule has 6 heteroatoms. The van der Waals surface area contributed by atoms with E-state index in [9.17, 15) is 14.0 Å². The van der Waals surface area contributed by atoms with Gasteiger partial charge in [0.15, 0.2) is 0 Å². The zero-order chi connectivity index (χ0) is 18.1. The Morgan fingerprint density at radius 2 is 1.44 bits per heavy atom. The molecule has 0 saturated carbocycles. The summed E-state index contributed by atoms with van der Waals surface area (Å²) in [6, 6.07) is 10.9. The molecule has 132 valence electrons. The topological polar surface area (TPSA) is 61.8 Å². The van der Waals surface area contributed by atoms with E-state index in [0.717, 1.165) is 19.3 Å². The fourth-order valence-corrected chi connectivity index (χ4v) is 1.98. The maximum atomic E-state index is 12.8. The first-order valence-corrected chi connectivity index (χ1v) is 8.01. The van der Waals surface area contributed by atoms with Crippen LogP contribution < -0.4 is 9.47 Å². The van der Waals surface area contributed by atoms with E-state index in [4.69, 9.17) is 14.2 Å². The molecule has 0 aromatic heterocycles. The molecule has 2 rings (SSSR count). The third-order valence-corrected chi connectivity index (χ3v) is 3.29. The molecule has 0 radical (unpaired) electrons. The third-order valence-electron chi connectivity index (χ3n) is 3.29. The maximum Gasteiger partial charge on any atom is 0.519 e. The monoisotopic (exact) mass is 346 g/mol. The molecule has 0 amide bonds. The van der Waals surface area contributed by atoms with Gasteiger partial charge in [-0.25, -0.2) is 14.0 Å². The Kier molecular flexibility index (Phi) is 6.95. The van der Waals surface area contributed by atoms with E-state index >= 15 is 0 Å². The zero-order valence-electron chi connectivity index (χ0n) is 13.9. The molecular weight excluding hydrogens is 327 g/mol. The first-order chi connectivity index (χ1) is 12.1. The molecule has 0 N–H and O–H groups in total. The van der Waals surface area contributed by atoms with E-state index < -0.39 is 17.9 Å². The smallest absolute Gasteiger partial charge is 0.462 e. The van der Waals surface area contributed by atoms with Gasteiger partial charge in [-0.1, -0.05) is 19.8 Å². The molecule has 5 nitrogen and oxygen atoms in total. The van der Waals surface area contributed by atoms with Crippen LogP contribution in [0.25, 0.3) is 0 Å². The minimum absolute atomic E-state index is 0.165. The van der Waals surface area contributed by atoms with Crippen molar-refractivity contribution in [1.82, 2.24) is 0 Å². The number of esters is 1. The van der Waals surface area contributed by atoms with Gasteiger partial charge in [0.1, 0.15) is 17.3 Å². The summed E-state index contributed by atoms with van der Waals surface area (Å²) in [5.74, 6) is -0.470. The molecule has 0 aliphatic carbocycles. The van der Waals surface area contributed by atoms with Gasteiger partial charge in [-0.05, 0) is 55.0 Å². The average Bonchev–Trinajstić information content (AvgIpc) is 2.61. The lowest BCUT2D eigenvalue weighted by atomic mass is 10.2. The molecule has 0 saturated heterocycles. The normalized spacial score (nSPS) is 10.2. The average molecular weight is 346 g/mol. The van der Waals surface area contributed by atoms with Crippen LogP contribution in [0.2, 0.25) is 0 Å². The van der Waals surface area contributed by atoms with Crippen LogP contribution in [0.3, 0.4) is 0 Å². The van der Waals surface area contributed by atoms with E-state index in [-0.39, 0.29) is 11.5 Å². The molecule has 25 heavy (non-hydrogen) atoms. The second kappa shape index (κ2) is 9.42. The number of halogens is 1. The van der Waals surface area contributed by atoms with Gasteiger partial charge in [0.25, 0.3) is 0 Å². The van der Waals surface area contributed by atoms with Crippen molar-refractivity contribution in [3.63, 3.8) is 0 Å². The SMILES string of the molecule is CCCCCOC(=O)c1ccc(OC(=O)Oc2ccc(F)cc2)cc1. The van der Waals surface area contributed by atoms with Gasteiger partial charge >= 0.3 is 12.1 Å². The molecule has 0 spiro atoms. The maximum absolute atomic E-state index is 12.8. The summed E-state index contributed by atoms with van der Waals surface area (Å²) in [4.78, 5) is 23.5. The minimum atomic E-state index is -0.957. The largest absolute Gasteiger partial charge is 0.519 e. The molecule has 0 heterocycles. The van der Waals surface area contributed by atoms with Crippen LogP contribution in [0.5, 0.6) is 11.5 Å². The number of benzene rings is 2. The van der Waals surface area contributed by atoms with Gasteiger partial charge in [-0.2, -0.15) is 0 Å². The molecule has 0 fully saturated rings. The van der Waals surface area contributed by atoms with Crippen molar-refractivity contribution >= 4 is 12.1 Å². The Balaban J connectivity index is 1.83. The molecule has 0 unspecified atom stereocenters. The van der Waals surface area contributed by atoms with E-state index in [2.05, 4.69) is 6.92 Å². The van der Waals surface area contributed by atoms with Crippen molar-refractivity contribution in [1.29, 1.82) is 0 Å². The number of hydrogen-bond donors (Lipinski definition) is 0. The number of carbonyl (C=O) groups is 2. The number of rotatable bonds is 7. The standard InChI is InChI=1S/C19H19FO5/c1-2-3-4-13-23-18(21)14-5-9-16(10-6-14)24-19(22)25-17-11-7-15(20)8-12-17/h5-12H,2-4,13H2,1H3. The van der Waals surface area contributed by atoms with Gasteiger partial charge in [0.05, 0.1) is 12.2 Å². The van der Waals surface area contributed by atoms with E-state index in [1.165, 1.54) is 48.5 Å². The molecular formula is C19H19FO5. The highest BCUT2D eigenvalue weighted by Crippen LogP contribution is 2.16. The van der Waals surface area contributed by atoms with Crippen molar-refractivity contribution in [3.05, 3.63) is 59.9 Å². The molecule has 0 bridgehead atoms. The second-order valence-electron chi connectivity index (χ2n) is 5.28. The van der Waals surface area contributed by atoms with Crippen LogP contribution >= 0.6 is 0 Å². The Morgan fingerprint density at radius 3 is 2.00 bits per heavy atom. The predicted molar refractivity (Wildman–Crippen MR) is 89.3 cm³/mol. The highest BCUT2D eigenvalue weighted by molar-refractivity contribution is 5.89. The first kappa shape index (κ1) is 18.4. The van der Waals surface area contributed by atoms with Crippen LogP contribution in [0.15, 0.2) is 48.5 Å². The summed E-state index contributed by atoms with van der Waals surface area (Å²) >= 11 is 0. The Labute approximate surface area is 145 Å². The first-order valence-electron chi connectivity index (χ1n) is 8.01. The van der Waals surface area contributed by atoms with Crippen molar-refractivity contribution in [2.45, 2.75) is 26.2 Å². The Bertz CT molecular complexity index is 695. The number of ether oxygens (including phenoxy) is 3. The molecule has 0 aliphatic heterocycles. The van der Waals surface area contributed by atoms with Crippen molar-refractivity contribution in [3.8, 4) is 11.5 Å². The molecule has 0 atom stereocenters. The van der Waals surface area contributed by atoms with Crippen LogP contribution in [0, 0.1) is 5.82 Å². The molecule has 2 aromatic carbocycles. The zero-order valence-corrected chi connectivity index (χ0v) is 13.9. The number of hydrogen-bond acceptors (Lipinski definition) is 5. The van der Waals surface area contributed by atoms with Crippen LogP contribution in [0.1, 0.15) is 36.5 Å². The van der Waals surface area contributed by atoms with Crippen LogP contribution in [0.4, 0.5) is 9.18 Å². The lowest BCUT2D eigenvalue weighted by molar-refractivity contribution is 0.0498. The summed E-state index contributed by atoms with van der Waals surface area (Å²) in [6.07, 6.45) is 1.94. The quantitative estimate of drug-likeness (QED) is 0.411. The van der Waals surface area contributed by atoms with E-state index in [0.29, 0.717) is 12.2 Å². The van der Waals surface area contributed by atoms with Gasteiger partial charge < -0.3 is 14.2 Å². The minimum Gasteiger partial charge on any atom is -0.462 e.